The van der Waals surface area contributed by atoms with Crippen LogP contribution < -0.4 is 5.32 Å². The highest BCUT2D eigenvalue weighted by Crippen LogP contribution is 2.24. The van der Waals surface area contributed by atoms with Gasteiger partial charge in [0.15, 0.2) is 0 Å². The van der Waals surface area contributed by atoms with Gasteiger partial charge in [0, 0.05) is 8.95 Å². The molecule has 2 aromatic carbocycles. The molecule has 0 aliphatic rings. The van der Waals surface area contributed by atoms with Crippen LogP contribution in [0.25, 0.3) is 0 Å². The molecule has 2 aromatic rings. The normalized spacial score (nSPS) is 11.0. The average molecular weight is 397 g/mol. The minimum absolute atomic E-state index is 0.581. The Morgan fingerprint density at radius 1 is 0.850 bits per heavy atom. The molecule has 0 aromatic heterocycles. The first kappa shape index (κ1) is 15.7. The molecule has 0 bridgehead atoms. The number of rotatable bonds is 6. The zero-order chi connectivity index (χ0) is 14.4. The van der Waals surface area contributed by atoms with Crippen molar-refractivity contribution in [2.24, 2.45) is 5.92 Å². The lowest BCUT2D eigenvalue weighted by Crippen LogP contribution is -2.23. The molecule has 0 saturated heterocycles. The van der Waals surface area contributed by atoms with Gasteiger partial charge in [0.05, 0.1) is 0 Å². The van der Waals surface area contributed by atoms with Crippen molar-refractivity contribution in [1.29, 1.82) is 0 Å². The van der Waals surface area contributed by atoms with Crippen LogP contribution in [0.3, 0.4) is 0 Å². The van der Waals surface area contributed by atoms with Crippen molar-refractivity contribution in [3.63, 3.8) is 0 Å². The molecule has 0 radical (unpaired) electrons. The summed E-state index contributed by atoms with van der Waals surface area (Å²) in [5.74, 6) is 0.581. The lowest BCUT2D eigenvalue weighted by Gasteiger charge is -2.18. The van der Waals surface area contributed by atoms with E-state index in [2.05, 4.69) is 85.7 Å². The molecule has 0 atom stereocenters. The van der Waals surface area contributed by atoms with E-state index in [1.807, 2.05) is 7.05 Å². The molecule has 1 nitrogen and oxygen atoms in total. The lowest BCUT2D eigenvalue weighted by molar-refractivity contribution is 0.492. The fourth-order valence-electron chi connectivity index (χ4n) is 2.46. The van der Waals surface area contributed by atoms with Gasteiger partial charge < -0.3 is 5.32 Å². The minimum Gasteiger partial charge on any atom is -0.319 e. The molecule has 0 unspecified atom stereocenters. The SMILES string of the molecule is CNCC(Cc1ccccc1Br)Cc1ccccc1Br. The second kappa shape index (κ2) is 7.96. The van der Waals surface area contributed by atoms with Crippen molar-refractivity contribution in [2.75, 3.05) is 13.6 Å². The molecule has 20 heavy (non-hydrogen) atoms. The Kier molecular flexibility index (Phi) is 6.27. The summed E-state index contributed by atoms with van der Waals surface area (Å²) in [6.07, 6.45) is 2.15. The van der Waals surface area contributed by atoms with Crippen LogP contribution in [0.4, 0.5) is 0 Å². The van der Waals surface area contributed by atoms with Crippen LogP contribution in [0, 0.1) is 5.92 Å². The van der Waals surface area contributed by atoms with Crippen molar-refractivity contribution < 1.29 is 0 Å². The number of benzene rings is 2. The van der Waals surface area contributed by atoms with Crippen molar-refractivity contribution in [2.45, 2.75) is 12.8 Å². The molecule has 0 spiro atoms. The molecule has 0 aliphatic carbocycles. The maximum absolute atomic E-state index is 3.65. The van der Waals surface area contributed by atoms with Gasteiger partial charge in [0.2, 0.25) is 0 Å². The van der Waals surface area contributed by atoms with E-state index in [0.717, 1.165) is 19.4 Å². The molecule has 0 amide bonds. The molecule has 2 rings (SSSR count). The number of nitrogens with one attached hydrogen (secondary N) is 1. The van der Waals surface area contributed by atoms with E-state index < -0.39 is 0 Å². The van der Waals surface area contributed by atoms with E-state index in [-0.39, 0.29) is 0 Å². The van der Waals surface area contributed by atoms with Gasteiger partial charge in [-0.1, -0.05) is 68.3 Å². The third-order valence-corrected chi connectivity index (χ3v) is 4.97. The largest absolute Gasteiger partial charge is 0.319 e. The third-order valence-electron chi connectivity index (χ3n) is 3.43. The van der Waals surface area contributed by atoms with Gasteiger partial charge in [0.1, 0.15) is 0 Å². The highest BCUT2D eigenvalue weighted by molar-refractivity contribution is 9.10. The molecular formula is C17H19Br2N. The van der Waals surface area contributed by atoms with Crippen molar-refractivity contribution >= 4 is 31.9 Å². The Morgan fingerprint density at radius 2 is 1.30 bits per heavy atom. The Bertz CT molecular complexity index is 507. The highest BCUT2D eigenvalue weighted by atomic mass is 79.9. The van der Waals surface area contributed by atoms with Crippen molar-refractivity contribution in [1.82, 2.24) is 5.32 Å². The molecule has 0 saturated carbocycles. The van der Waals surface area contributed by atoms with Crippen LogP contribution in [-0.2, 0) is 12.8 Å². The van der Waals surface area contributed by atoms with Crippen LogP contribution in [-0.4, -0.2) is 13.6 Å². The third kappa shape index (κ3) is 4.44. The Hall–Kier alpha value is -0.640. The fraction of sp³-hybridized carbons (Fsp3) is 0.294. The van der Waals surface area contributed by atoms with Gasteiger partial charge in [-0.3, -0.25) is 0 Å². The maximum atomic E-state index is 3.65. The highest BCUT2D eigenvalue weighted by Gasteiger charge is 2.13. The summed E-state index contributed by atoms with van der Waals surface area (Å²) >= 11 is 7.29. The van der Waals surface area contributed by atoms with E-state index in [1.54, 1.807) is 0 Å². The van der Waals surface area contributed by atoms with Gasteiger partial charge in [-0.15, -0.1) is 0 Å². The van der Waals surface area contributed by atoms with Gasteiger partial charge in [-0.25, -0.2) is 0 Å². The van der Waals surface area contributed by atoms with E-state index in [4.69, 9.17) is 0 Å². The predicted molar refractivity (Wildman–Crippen MR) is 93.1 cm³/mol. The topological polar surface area (TPSA) is 12.0 Å². The van der Waals surface area contributed by atoms with E-state index in [1.165, 1.54) is 20.1 Å². The lowest BCUT2D eigenvalue weighted by atomic mass is 9.92. The van der Waals surface area contributed by atoms with Crippen LogP contribution in [0.1, 0.15) is 11.1 Å². The predicted octanol–water partition coefficient (Wildman–Crippen LogP) is 4.83. The van der Waals surface area contributed by atoms with E-state index in [9.17, 15) is 0 Å². The number of halogens is 2. The van der Waals surface area contributed by atoms with E-state index in [0.29, 0.717) is 5.92 Å². The Morgan fingerprint density at radius 3 is 1.70 bits per heavy atom. The second-order valence-corrected chi connectivity index (χ2v) is 6.72. The zero-order valence-corrected chi connectivity index (χ0v) is 14.7. The Balaban J connectivity index is 2.12. The zero-order valence-electron chi connectivity index (χ0n) is 11.6. The number of hydrogen-bond donors (Lipinski definition) is 1. The second-order valence-electron chi connectivity index (χ2n) is 5.01. The van der Waals surface area contributed by atoms with Crippen LogP contribution >= 0.6 is 31.9 Å². The molecule has 0 aliphatic heterocycles. The summed E-state index contributed by atoms with van der Waals surface area (Å²) in [5, 5.41) is 3.32. The quantitative estimate of drug-likeness (QED) is 0.737. The van der Waals surface area contributed by atoms with Gasteiger partial charge in [-0.2, -0.15) is 0 Å². The average Bonchev–Trinajstić information content (AvgIpc) is 2.44. The summed E-state index contributed by atoms with van der Waals surface area (Å²) in [6.45, 7) is 1.02. The van der Waals surface area contributed by atoms with Crippen molar-refractivity contribution in [3.8, 4) is 0 Å². The molecular weight excluding hydrogens is 378 g/mol. The molecule has 1 N–H and O–H groups in total. The van der Waals surface area contributed by atoms with Crippen LogP contribution in [0.15, 0.2) is 57.5 Å². The molecule has 3 heteroatoms. The summed E-state index contributed by atoms with van der Waals surface area (Å²) < 4.78 is 2.40. The first-order valence-corrected chi connectivity index (χ1v) is 8.40. The minimum atomic E-state index is 0.581. The summed E-state index contributed by atoms with van der Waals surface area (Å²) in [4.78, 5) is 0. The fourth-order valence-corrected chi connectivity index (χ4v) is 3.35. The van der Waals surface area contributed by atoms with Gasteiger partial charge >= 0.3 is 0 Å². The van der Waals surface area contributed by atoms with Gasteiger partial charge in [0.25, 0.3) is 0 Å². The maximum Gasteiger partial charge on any atom is 0.0207 e. The van der Waals surface area contributed by atoms with Crippen LogP contribution in [0.2, 0.25) is 0 Å². The smallest absolute Gasteiger partial charge is 0.0207 e. The monoisotopic (exact) mass is 395 g/mol. The number of hydrogen-bond acceptors (Lipinski definition) is 1. The summed E-state index contributed by atoms with van der Waals surface area (Å²) in [5.41, 5.74) is 2.75. The van der Waals surface area contributed by atoms with Gasteiger partial charge in [-0.05, 0) is 55.6 Å². The molecule has 106 valence electrons. The van der Waals surface area contributed by atoms with Crippen LogP contribution in [0.5, 0.6) is 0 Å². The Labute approximate surface area is 138 Å². The van der Waals surface area contributed by atoms with Crippen molar-refractivity contribution in [3.05, 3.63) is 68.6 Å². The summed E-state index contributed by atoms with van der Waals surface area (Å²) in [6, 6.07) is 17.0. The standard InChI is InChI=1S/C17H19Br2N/c1-20-12-13(10-14-6-2-4-8-16(14)18)11-15-7-3-5-9-17(15)19/h2-9,13,20H,10-12H2,1H3. The summed E-state index contributed by atoms with van der Waals surface area (Å²) in [7, 11) is 2.02. The molecule has 0 fully saturated rings. The first-order valence-electron chi connectivity index (χ1n) is 6.82. The molecule has 0 heterocycles. The van der Waals surface area contributed by atoms with E-state index >= 15 is 0 Å². The first-order chi connectivity index (χ1) is 9.70.